The van der Waals surface area contributed by atoms with Gasteiger partial charge in [-0.15, -0.1) is 0 Å². The van der Waals surface area contributed by atoms with E-state index in [2.05, 4.69) is 0 Å². The molecule has 1 fully saturated rings. The molecule has 0 aromatic heterocycles. The Balaban J connectivity index is 1.74. The lowest BCUT2D eigenvalue weighted by atomic mass is 9.84. The summed E-state index contributed by atoms with van der Waals surface area (Å²) in [6, 6.07) is 23.6. The van der Waals surface area contributed by atoms with Crippen LogP contribution >= 0.6 is 10.3 Å². The highest BCUT2D eigenvalue weighted by Crippen LogP contribution is 2.70. The summed E-state index contributed by atoms with van der Waals surface area (Å²) in [5, 5.41) is 0. The molecule has 0 N–H and O–H groups in total. The summed E-state index contributed by atoms with van der Waals surface area (Å²) < 4.78 is 104. The van der Waals surface area contributed by atoms with Crippen LogP contribution in [0.1, 0.15) is 43.6 Å². The van der Waals surface area contributed by atoms with Crippen molar-refractivity contribution >= 4 is 20.4 Å². The third-order valence-electron chi connectivity index (χ3n) is 7.05. The number of benzene rings is 4. The molecule has 5 rings (SSSR count). The predicted octanol–water partition coefficient (Wildman–Crippen LogP) is 9.03. The second-order valence-corrected chi connectivity index (χ2v) is 13.9. The molecule has 0 atom stereocenters. The third-order valence-corrected chi connectivity index (χ3v) is 12.2. The van der Waals surface area contributed by atoms with Crippen LogP contribution in [-0.4, -0.2) is 8.42 Å². The van der Waals surface area contributed by atoms with Crippen LogP contribution in [0.25, 0.3) is 0 Å². The first-order chi connectivity index (χ1) is 19.2. The van der Waals surface area contributed by atoms with Gasteiger partial charge >= 0.3 is 10.1 Å². The van der Waals surface area contributed by atoms with Gasteiger partial charge in [-0.2, -0.15) is 8.42 Å². The van der Waals surface area contributed by atoms with Crippen LogP contribution in [0.3, 0.4) is 0 Å². The Hall–Kier alpha value is -3.21. The first-order valence-corrected chi connectivity index (χ1v) is 15.6. The van der Waals surface area contributed by atoms with Crippen molar-refractivity contribution in [3.8, 4) is 0 Å². The third kappa shape index (κ3) is 5.04. The van der Waals surface area contributed by atoms with Gasteiger partial charge in [0.25, 0.3) is 0 Å². The van der Waals surface area contributed by atoms with Crippen molar-refractivity contribution in [2.45, 2.75) is 57.6 Å². The Morgan fingerprint density at radius 2 is 0.975 bits per heavy atom. The highest BCUT2D eigenvalue weighted by Gasteiger charge is 2.42. The zero-order chi connectivity index (χ0) is 28.5. The topological polar surface area (TPSA) is 43.4 Å². The van der Waals surface area contributed by atoms with Gasteiger partial charge in [0.15, 0.2) is 28.2 Å². The minimum Gasteiger partial charge on any atom is -0.203 e. The maximum Gasteiger partial charge on any atom is 0.313 e. The molecule has 0 bridgehead atoms. The minimum absolute atomic E-state index is 0.346. The zero-order valence-electron chi connectivity index (χ0n) is 21.1. The molecule has 40 heavy (non-hydrogen) atoms. The van der Waals surface area contributed by atoms with Gasteiger partial charge in [0.05, 0.1) is 0 Å². The van der Waals surface area contributed by atoms with E-state index in [1.807, 2.05) is 12.1 Å². The van der Waals surface area contributed by atoms with Crippen LogP contribution in [0.4, 0.5) is 22.0 Å². The van der Waals surface area contributed by atoms with E-state index in [9.17, 15) is 30.4 Å². The van der Waals surface area contributed by atoms with Crippen LogP contribution in [0.2, 0.25) is 0 Å². The van der Waals surface area contributed by atoms with E-state index in [4.69, 9.17) is 3.63 Å². The van der Waals surface area contributed by atoms with Gasteiger partial charge in [-0.05, 0) is 71.0 Å². The summed E-state index contributed by atoms with van der Waals surface area (Å²) >= 11 is 0. The van der Waals surface area contributed by atoms with Gasteiger partial charge in [-0.25, -0.2) is 25.6 Å². The van der Waals surface area contributed by atoms with Gasteiger partial charge in [0.1, 0.15) is 0 Å². The quantitative estimate of drug-likeness (QED) is 0.122. The summed E-state index contributed by atoms with van der Waals surface area (Å²) in [7, 11) is -8.89. The fraction of sp³-hybridized carbons (Fsp3) is 0.200. The first kappa shape index (κ1) is 28.3. The average Bonchev–Trinajstić information content (AvgIpc) is 2.99. The Bertz CT molecular complexity index is 1540. The molecule has 0 saturated heterocycles. The van der Waals surface area contributed by atoms with Crippen LogP contribution in [-0.2, 0) is 13.7 Å². The van der Waals surface area contributed by atoms with Crippen molar-refractivity contribution in [2.75, 3.05) is 0 Å². The molecule has 0 heterocycles. The molecule has 0 unspecified atom stereocenters. The lowest BCUT2D eigenvalue weighted by Crippen LogP contribution is -2.19. The minimum atomic E-state index is -5.58. The smallest absolute Gasteiger partial charge is 0.203 e. The van der Waals surface area contributed by atoms with E-state index >= 15 is 0 Å². The number of rotatable bonds is 7. The predicted molar refractivity (Wildman–Crippen MR) is 142 cm³/mol. The van der Waals surface area contributed by atoms with E-state index in [0.29, 0.717) is 20.6 Å². The molecule has 0 radical (unpaired) electrons. The highest BCUT2D eigenvalue weighted by molar-refractivity contribution is 8.33. The Morgan fingerprint density at radius 1 is 0.550 bits per heavy atom. The second kappa shape index (κ2) is 11.3. The fourth-order valence-corrected chi connectivity index (χ4v) is 10.4. The summed E-state index contributed by atoms with van der Waals surface area (Å²) in [6.45, 7) is 0. The van der Waals surface area contributed by atoms with Gasteiger partial charge < -0.3 is 0 Å². The first-order valence-electron chi connectivity index (χ1n) is 12.7. The van der Waals surface area contributed by atoms with E-state index in [1.165, 1.54) is 6.42 Å². The molecule has 210 valence electrons. The van der Waals surface area contributed by atoms with Gasteiger partial charge in [-0.3, -0.25) is 0 Å². The van der Waals surface area contributed by atoms with E-state index in [0.717, 1.165) is 31.2 Å². The number of hydrogen-bond donors (Lipinski definition) is 0. The summed E-state index contributed by atoms with van der Waals surface area (Å²) in [5.41, 5.74) is 1.07. The van der Waals surface area contributed by atoms with Crippen molar-refractivity contribution < 1.29 is 34.0 Å². The van der Waals surface area contributed by atoms with Crippen LogP contribution in [0, 0.1) is 29.1 Å². The molecule has 4 aromatic rings. The maximum atomic E-state index is 14.8. The van der Waals surface area contributed by atoms with E-state index in [1.54, 1.807) is 72.8 Å². The summed E-state index contributed by atoms with van der Waals surface area (Å²) in [6.07, 6.45) is 5.45. The van der Waals surface area contributed by atoms with E-state index in [-0.39, 0.29) is 0 Å². The monoisotopic (exact) mass is 592 g/mol. The van der Waals surface area contributed by atoms with Crippen LogP contribution in [0.5, 0.6) is 0 Å². The Morgan fingerprint density at radius 3 is 1.45 bits per heavy atom. The molecule has 4 aromatic carbocycles. The van der Waals surface area contributed by atoms with Crippen molar-refractivity contribution in [3.05, 3.63) is 120 Å². The lowest BCUT2D eigenvalue weighted by molar-refractivity contribution is 0.354. The summed E-state index contributed by atoms with van der Waals surface area (Å²) in [5.74, 6) is -11.8. The van der Waals surface area contributed by atoms with Crippen molar-refractivity contribution in [1.82, 2.24) is 0 Å². The fourth-order valence-electron chi connectivity index (χ4n) is 5.09. The molecule has 0 aliphatic heterocycles. The molecule has 3 nitrogen and oxygen atoms in total. The van der Waals surface area contributed by atoms with Crippen molar-refractivity contribution in [3.63, 3.8) is 0 Å². The highest BCUT2D eigenvalue weighted by atomic mass is 32.3. The van der Waals surface area contributed by atoms with Crippen molar-refractivity contribution in [1.29, 1.82) is 0 Å². The van der Waals surface area contributed by atoms with E-state index < -0.39 is 54.4 Å². The molecule has 1 saturated carbocycles. The largest absolute Gasteiger partial charge is 0.313 e. The number of halogens is 5. The summed E-state index contributed by atoms with van der Waals surface area (Å²) in [4.78, 5) is -0.971. The molecular formula is C30H25F5O3S2. The normalized spacial score (nSPS) is 15.2. The standard InChI is InChI=1S/C30H25F5O3S2/c31-25-26(32)28(34)30(29(35)27(25)33)40(36,37)38-39(22-12-6-2-7-13-22,23-14-8-3-9-15-23)24-18-16-21(17-19-24)20-10-4-1-5-11-20/h2-3,6-9,12-20H,1,4-5,10-11H2. The molecule has 10 heteroatoms. The molecular weight excluding hydrogens is 567 g/mol. The van der Waals surface area contributed by atoms with Crippen LogP contribution in [0.15, 0.2) is 105 Å². The lowest BCUT2D eigenvalue weighted by Gasteiger charge is -2.39. The number of hydrogen-bond acceptors (Lipinski definition) is 3. The van der Waals surface area contributed by atoms with Gasteiger partial charge in [0.2, 0.25) is 5.82 Å². The Kier molecular flexibility index (Phi) is 8.03. The second-order valence-electron chi connectivity index (χ2n) is 9.51. The Labute approximate surface area is 231 Å². The van der Waals surface area contributed by atoms with Gasteiger partial charge in [0, 0.05) is 14.7 Å². The zero-order valence-corrected chi connectivity index (χ0v) is 22.8. The molecule has 0 spiro atoms. The van der Waals surface area contributed by atoms with Crippen molar-refractivity contribution in [2.24, 2.45) is 0 Å². The molecule has 0 amide bonds. The molecule has 1 aliphatic rings. The SMILES string of the molecule is O=S(=O)(OS(c1ccccc1)(c1ccccc1)c1ccc(C2CCCCC2)cc1)c1c(F)c(F)c(F)c(F)c1F. The van der Waals surface area contributed by atoms with Crippen LogP contribution < -0.4 is 0 Å². The average molecular weight is 593 g/mol. The van der Waals surface area contributed by atoms with Gasteiger partial charge in [-0.1, -0.05) is 67.8 Å². The molecule has 1 aliphatic carbocycles. The maximum absolute atomic E-state index is 14.8.